The lowest BCUT2D eigenvalue weighted by atomic mass is 10.1. The highest BCUT2D eigenvalue weighted by Crippen LogP contribution is 2.25. The van der Waals surface area contributed by atoms with Gasteiger partial charge in [-0.3, -0.25) is 14.8 Å². The van der Waals surface area contributed by atoms with Gasteiger partial charge in [-0.05, 0) is 124 Å². The van der Waals surface area contributed by atoms with Crippen LogP contribution >= 0.6 is 0 Å². The van der Waals surface area contributed by atoms with Gasteiger partial charge in [0.1, 0.15) is 47.6 Å². The fourth-order valence-electron chi connectivity index (χ4n) is 5.77. The second-order valence-electron chi connectivity index (χ2n) is 14.3. The number of carboxylic acid groups (broad SMARTS) is 1. The van der Waals surface area contributed by atoms with E-state index in [1.54, 1.807) is 49.1 Å². The Morgan fingerprint density at radius 2 is 1.05 bits per heavy atom. The summed E-state index contributed by atoms with van der Waals surface area (Å²) in [7, 11) is 0. The molecule has 0 bridgehead atoms. The van der Waals surface area contributed by atoms with Gasteiger partial charge in [0, 0.05) is 54.6 Å². The van der Waals surface area contributed by atoms with Gasteiger partial charge in [0.15, 0.2) is 0 Å². The molecule has 4 aromatic carbocycles. The number of amides is 1. The number of pyridine rings is 2. The molecule has 0 atom stereocenters. The zero-order valence-electron chi connectivity index (χ0n) is 35.4. The molecule has 8 rings (SSSR count). The molecule has 0 fully saturated rings. The Hall–Kier alpha value is -7.90. The first-order valence-electron chi connectivity index (χ1n) is 20.1. The summed E-state index contributed by atoms with van der Waals surface area (Å²) in [5.74, 6) is 2.80. The molecular weight excluding hydrogens is 797 g/mol. The van der Waals surface area contributed by atoms with Gasteiger partial charge in [-0.2, -0.15) is 0 Å². The second-order valence-corrected chi connectivity index (χ2v) is 14.3. The van der Waals surface area contributed by atoms with Crippen LogP contribution in [0.4, 0.5) is 0 Å². The number of oxazole rings is 2. The number of aryl methyl sites for hydroxylation is 4. The Bertz CT molecular complexity index is 2660. The Balaban J connectivity index is 0.000000182. The summed E-state index contributed by atoms with van der Waals surface area (Å²) in [6.45, 7) is 9.39. The van der Waals surface area contributed by atoms with Gasteiger partial charge in [-0.15, -0.1) is 0 Å². The van der Waals surface area contributed by atoms with Crippen LogP contribution in [0.2, 0.25) is 0 Å². The van der Waals surface area contributed by atoms with E-state index in [1.165, 1.54) is 23.3 Å². The molecular formula is C50H48N6O7. The third-order valence-electron chi connectivity index (χ3n) is 9.49. The number of hydrogen-bond donors (Lipinski definition) is 3. The molecule has 63 heavy (non-hydrogen) atoms. The lowest BCUT2D eigenvalue weighted by Crippen LogP contribution is -2.22. The minimum Gasteiger partial charge on any atom is -0.487 e. The molecule has 0 saturated carbocycles. The van der Waals surface area contributed by atoms with E-state index < -0.39 is 5.97 Å². The van der Waals surface area contributed by atoms with E-state index in [9.17, 15) is 9.59 Å². The molecule has 0 aliphatic carbocycles. The Morgan fingerprint density at radius 3 is 1.44 bits per heavy atom. The van der Waals surface area contributed by atoms with Crippen molar-refractivity contribution < 1.29 is 33.0 Å². The minimum absolute atomic E-state index is 0.147. The number of aromatic carboxylic acids is 1. The van der Waals surface area contributed by atoms with E-state index in [0.29, 0.717) is 60.9 Å². The number of carboxylic acids is 1. The molecule has 0 unspecified atom stereocenters. The molecule has 4 N–H and O–H groups in total. The average Bonchev–Trinajstić information content (AvgIpc) is 3.89. The predicted molar refractivity (Wildman–Crippen MR) is 239 cm³/mol. The molecule has 320 valence electrons. The van der Waals surface area contributed by atoms with Crippen molar-refractivity contribution >= 4 is 11.9 Å². The third-order valence-corrected chi connectivity index (χ3v) is 9.49. The minimum atomic E-state index is -0.961. The summed E-state index contributed by atoms with van der Waals surface area (Å²) in [4.78, 5) is 40.2. The average molecular weight is 845 g/mol. The van der Waals surface area contributed by atoms with Crippen LogP contribution in [0.5, 0.6) is 11.5 Å². The van der Waals surface area contributed by atoms with Crippen molar-refractivity contribution in [2.45, 2.75) is 54.0 Å². The molecule has 13 heteroatoms. The highest BCUT2D eigenvalue weighted by Gasteiger charge is 2.15. The van der Waals surface area contributed by atoms with Crippen LogP contribution in [0.3, 0.4) is 0 Å². The van der Waals surface area contributed by atoms with E-state index >= 15 is 0 Å². The number of nitrogens with zero attached hydrogens (tertiary/aromatic N) is 4. The number of rotatable bonds is 13. The van der Waals surface area contributed by atoms with Crippen LogP contribution < -0.4 is 20.5 Å². The number of aromatic nitrogens is 4. The lowest BCUT2D eigenvalue weighted by Gasteiger charge is -2.05. The van der Waals surface area contributed by atoms with Crippen LogP contribution in [0.1, 0.15) is 65.9 Å². The van der Waals surface area contributed by atoms with Crippen molar-refractivity contribution in [1.82, 2.24) is 25.3 Å². The molecule has 13 nitrogen and oxygen atoms in total. The van der Waals surface area contributed by atoms with Gasteiger partial charge in [0.2, 0.25) is 11.8 Å². The maximum Gasteiger partial charge on any atom is 0.335 e. The number of nitrogens with two attached hydrogens (primary N) is 1. The van der Waals surface area contributed by atoms with E-state index in [2.05, 4.69) is 25.3 Å². The fraction of sp³-hybridized carbons (Fsp3) is 0.160. The number of carbonyl (C=O) groups is 2. The Labute approximate surface area is 365 Å². The topological polar surface area (TPSA) is 189 Å². The fourth-order valence-corrected chi connectivity index (χ4v) is 5.77. The monoisotopic (exact) mass is 844 g/mol. The zero-order chi connectivity index (χ0) is 44.6. The van der Waals surface area contributed by atoms with Crippen LogP contribution in [-0.2, 0) is 26.3 Å². The van der Waals surface area contributed by atoms with Crippen LogP contribution in [-0.4, -0.2) is 36.9 Å². The zero-order valence-corrected chi connectivity index (χ0v) is 35.4. The van der Waals surface area contributed by atoms with Crippen LogP contribution in [0.25, 0.3) is 22.9 Å². The number of carbonyl (C=O) groups excluding carboxylic acids is 1. The van der Waals surface area contributed by atoms with Crippen molar-refractivity contribution in [3.8, 4) is 34.4 Å². The number of nitrogens with one attached hydrogen (secondary N) is 1. The van der Waals surface area contributed by atoms with Gasteiger partial charge in [0.25, 0.3) is 5.91 Å². The molecule has 0 saturated heterocycles. The van der Waals surface area contributed by atoms with Gasteiger partial charge in [-0.1, -0.05) is 47.5 Å². The van der Waals surface area contributed by atoms with E-state index in [1.807, 2.05) is 113 Å². The van der Waals surface area contributed by atoms with Crippen LogP contribution in [0, 0.1) is 27.7 Å². The predicted octanol–water partition coefficient (Wildman–Crippen LogP) is 9.64. The van der Waals surface area contributed by atoms with Crippen molar-refractivity contribution in [2.24, 2.45) is 5.73 Å². The van der Waals surface area contributed by atoms with Crippen LogP contribution in [0.15, 0.2) is 155 Å². The van der Waals surface area contributed by atoms with Gasteiger partial charge in [-0.25, -0.2) is 14.8 Å². The molecule has 0 aliphatic rings. The standard InChI is InChI=1S/C25H23N3O3.C19H17NO4.C6H8N2/c1-17-5-11-22(12-6-17)30-16-23-18(2)31-25(28-23)21-9-7-20(8-10-21)24(29)27-15-19-4-3-13-26-14-19;1-12-3-9-16(10-4-12)23-11-17-13(2)24-18(20-17)14-5-7-15(8-6-14)19(21)22;7-4-6-2-1-3-8-5-6/h3-14H,15-16H2,1-2H3,(H,27,29);3-10H,11H2,1-2H3,(H,21,22);1-3,5H,4,7H2. The van der Waals surface area contributed by atoms with Crippen molar-refractivity contribution in [3.05, 3.63) is 202 Å². The normalized spacial score (nSPS) is 10.4. The maximum absolute atomic E-state index is 12.4. The van der Waals surface area contributed by atoms with Crippen molar-refractivity contribution in [1.29, 1.82) is 0 Å². The number of ether oxygens (including phenoxy) is 2. The summed E-state index contributed by atoms with van der Waals surface area (Å²) in [6, 6.07) is 36.9. The first-order valence-corrected chi connectivity index (χ1v) is 20.1. The SMILES string of the molecule is Cc1ccc(OCc2nc(-c3ccc(C(=O)NCc4cccnc4)cc3)oc2C)cc1.Cc1ccc(OCc2nc(-c3ccc(C(=O)O)cc3)oc2C)cc1.NCc1cccnc1. The Morgan fingerprint density at radius 1 is 0.603 bits per heavy atom. The molecule has 0 radical (unpaired) electrons. The summed E-state index contributed by atoms with van der Waals surface area (Å²) in [5.41, 5.74) is 13.5. The van der Waals surface area contributed by atoms with Crippen molar-refractivity contribution in [2.75, 3.05) is 0 Å². The van der Waals surface area contributed by atoms with Crippen molar-refractivity contribution in [3.63, 3.8) is 0 Å². The quantitative estimate of drug-likeness (QED) is 0.0998. The molecule has 4 heterocycles. The summed E-state index contributed by atoms with van der Waals surface area (Å²) >= 11 is 0. The first-order chi connectivity index (χ1) is 30.5. The summed E-state index contributed by atoms with van der Waals surface area (Å²) < 4.78 is 23.0. The highest BCUT2D eigenvalue weighted by atomic mass is 16.5. The molecule has 1 amide bonds. The van der Waals surface area contributed by atoms with E-state index in [-0.39, 0.29) is 11.5 Å². The molecule has 8 aromatic rings. The largest absolute Gasteiger partial charge is 0.487 e. The summed E-state index contributed by atoms with van der Waals surface area (Å²) in [6.07, 6.45) is 6.93. The van der Waals surface area contributed by atoms with Gasteiger partial charge in [0.05, 0.1) is 5.56 Å². The number of benzene rings is 4. The molecule has 0 aliphatic heterocycles. The first kappa shape index (κ1) is 44.6. The van der Waals surface area contributed by atoms with Gasteiger partial charge >= 0.3 is 5.97 Å². The summed E-state index contributed by atoms with van der Waals surface area (Å²) in [5, 5.41) is 11.8. The maximum atomic E-state index is 12.4. The van der Waals surface area contributed by atoms with E-state index in [4.69, 9.17) is 29.1 Å². The third kappa shape index (κ3) is 13.3. The van der Waals surface area contributed by atoms with Gasteiger partial charge < -0.3 is 34.5 Å². The highest BCUT2D eigenvalue weighted by molar-refractivity contribution is 5.94. The number of hydrogen-bond acceptors (Lipinski definition) is 11. The van der Waals surface area contributed by atoms with E-state index in [0.717, 1.165) is 39.4 Å². The molecule has 0 spiro atoms. The Kier molecular flexibility index (Phi) is 15.7. The second kappa shape index (κ2) is 22.1. The smallest absolute Gasteiger partial charge is 0.335 e. The molecule has 4 aromatic heterocycles. The lowest BCUT2D eigenvalue weighted by molar-refractivity contribution is 0.0696.